The minimum atomic E-state index is 0.650. The smallest absolute Gasteiger partial charge is 0.204 e. The summed E-state index contributed by atoms with van der Waals surface area (Å²) in [6.45, 7) is 6.54. The first-order valence-electron chi connectivity index (χ1n) is 14.1. The fourth-order valence-corrected chi connectivity index (χ4v) is 4.77. The summed E-state index contributed by atoms with van der Waals surface area (Å²) in [5.74, 6) is 3.82. The highest BCUT2D eigenvalue weighted by Crippen LogP contribution is 2.29. The molecule has 7 rings (SSSR count). The summed E-state index contributed by atoms with van der Waals surface area (Å²) in [6, 6.07) is 24.8. The Balaban J connectivity index is 0.000000159. The second-order valence-corrected chi connectivity index (χ2v) is 10.2. The van der Waals surface area contributed by atoms with Gasteiger partial charge in [0.2, 0.25) is 11.3 Å². The zero-order valence-electron chi connectivity index (χ0n) is 24.9. The molecule has 3 aromatic carbocycles. The highest BCUT2D eigenvalue weighted by atomic mass is 16.5. The predicted octanol–water partition coefficient (Wildman–Crippen LogP) is 6.21. The zero-order chi connectivity index (χ0) is 30.5. The molecule has 0 saturated heterocycles. The highest BCUT2D eigenvalue weighted by molar-refractivity contribution is 5.73. The molecule has 2 N–H and O–H groups in total. The van der Waals surface area contributed by atoms with Crippen molar-refractivity contribution in [2.75, 3.05) is 17.7 Å². The van der Waals surface area contributed by atoms with Crippen molar-refractivity contribution >= 4 is 28.6 Å². The number of aromatic nitrogens is 8. The summed E-state index contributed by atoms with van der Waals surface area (Å²) < 4.78 is 9.17. The van der Waals surface area contributed by atoms with E-state index in [0.717, 1.165) is 40.1 Å². The maximum absolute atomic E-state index is 5.36. The zero-order valence-corrected chi connectivity index (χ0v) is 24.9. The first kappa shape index (κ1) is 28.3. The van der Waals surface area contributed by atoms with Crippen molar-refractivity contribution in [3.63, 3.8) is 0 Å². The Morgan fingerprint density at radius 3 is 1.95 bits per heavy atom. The van der Waals surface area contributed by atoms with E-state index >= 15 is 0 Å². The Bertz CT molecular complexity index is 2020. The van der Waals surface area contributed by atoms with E-state index in [2.05, 4.69) is 89.5 Å². The summed E-state index contributed by atoms with van der Waals surface area (Å²) in [5.41, 5.74) is 7.06. The number of rotatable bonds is 7. The lowest BCUT2D eigenvalue weighted by Gasteiger charge is -2.11. The number of benzene rings is 3. The van der Waals surface area contributed by atoms with Gasteiger partial charge >= 0.3 is 0 Å². The lowest BCUT2D eigenvalue weighted by molar-refractivity contribution is 0.416. The molecule has 0 aliphatic heterocycles. The Labute approximate surface area is 254 Å². The lowest BCUT2D eigenvalue weighted by Crippen LogP contribution is -2.03. The fourth-order valence-electron chi connectivity index (χ4n) is 4.77. The van der Waals surface area contributed by atoms with Crippen LogP contribution >= 0.6 is 0 Å². The van der Waals surface area contributed by atoms with E-state index in [1.165, 1.54) is 16.7 Å². The van der Waals surface area contributed by atoms with E-state index in [4.69, 9.17) is 4.74 Å². The SMILES string of the molecule is COc1ccc(C)cc1Nc1nccn2c(C)nnc12.Cc1nnc2c(NCc3ccc(-c4ccccc4)cc3)nccn12. The van der Waals surface area contributed by atoms with Crippen molar-refractivity contribution in [2.45, 2.75) is 27.3 Å². The molecular weight excluding hydrogens is 552 g/mol. The number of ether oxygens (including phenoxy) is 1. The minimum Gasteiger partial charge on any atom is -0.495 e. The predicted molar refractivity (Wildman–Crippen MR) is 171 cm³/mol. The van der Waals surface area contributed by atoms with E-state index in [1.54, 1.807) is 19.5 Å². The van der Waals surface area contributed by atoms with Crippen molar-refractivity contribution in [3.8, 4) is 16.9 Å². The average molecular weight is 585 g/mol. The molecule has 44 heavy (non-hydrogen) atoms. The highest BCUT2D eigenvalue weighted by Gasteiger charge is 2.11. The molecule has 0 unspecified atom stereocenters. The summed E-state index contributed by atoms with van der Waals surface area (Å²) in [6.07, 6.45) is 7.17. The number of nitrogens with zero attached hydrogens (tertiary/aromatic N) is 8. The molecule has 220 valence electrons. The van der Waals surface area contributed by atoms with Crippen molar-refractivity contribution in [1.82, 2.24) is 39.2 Å². The Kier molecular flexibility index (Phi) is 8.08. The molecule has 0 spiro atoms. The molecule has 0 aliphatic carbocycles. The van der Waals surface area contributed by atoms with Crippen LogP contribution in [0, 0.1) is 20.8 Å². The number of aryl methyl sites for hydroxylation is 3. The van der Waals surface area contributed by atoms with Gasteiger partial charge in [0.15, 0.2) is 11.6 Å². The van der Waals surface area contributed by atoms with Crippen LogP contribution in [0.5, 0.6) is 5.75 Å². The molecule has 0 saturated carbocycles. The van der Waals surface area contributed by atoms with Crippen LogP contribution in [0.15, 0.2) is 97.6 Å². The van der Waals surface area contributed by atoms with Gasteiger partial charge in [-0.2, -0.15) is 0 Å². The molecule has 4 heterocycles. The molecule has 0 atom stereocenters. The van der Waals surface area contributed by atoms with E-state index in [0.29, 0.717) is 18.0 Å². The third-order valence-corrected chi connectivity index (χ3v) is 7.12. The van der Waals surface area contributed by atoms with Gasteiger partial charge in [0, 0.05) is 31.3 Å². The standard InChI is InChI=1S/C19H17N5.C14H15N5O/c1-14-22-23-19-18(20-11-12-24(14)19)21-13-15-7-9-17(10-8-15)16-5-3-2-4-6-16;1-9-4-5-12(20-3)11(8-9)16-13-14-18-17-10(2)19(14)7-6-15-13/h2-12H,13H2,1H3,(H,20,21);4-8H,1-3H3,(H,15,16). The van der Waals surface area contributed by atoms with Gasteiger partial charge in [-0.1, -0.05) is 60.7 Å². The van der Waals surface area contributed by atoms with E-state index in [9.17, 15) is 0 Å². The first-order valence-corrected chi connectivity index (χ1v) is 14.1. The van der Waals surface area contributed by atoms with Crippen LogP contribution in [0.3, 0.4) is 0 Å². The van der Waals surface area contributed by atoms with Crippen molar-refractivity contribution in [3.05, 3.63) is 120 Å². The third kappa shape index (κ3) is 6.02. The van der Waals surface area contributed by atoms with Gasteiger partial charge in [0.25, 0.3) is 0 Å². The normalized spacial score (nSPS) is 10.8. The van der Waals surface area contributed by atoms with E-state index in [-0.39, 0.29) is 0 Å². The van der Waals surface area contributed by atoms with Gasteiger partial charge in [-0.05, 0) is 55.2 Å². The maximum Gasteiger partial charge on any atom is 0.204 e. The van der Waals surface area contributed by atoms with Crippen LogP contribution < -0.4 is 15.4 Å². The van der Waals surface area contributed by atoms with Crippen LogP contribution in [-0.4, -0.2) is 46.3 Å². The largest absolute Gasteiger partial charge is 0.495 e. The van der Waals surface area contributed by atoms with Crippen LogP contribution in [0.1, 0.15) is 22.8 Å². The van der Waals surface area contributed by atoms with Crippen molar-refractivity contribution in [1.29, 1.82) is 0 Å². The number of fused-ring (bicyclic) bond motifs is 2. The summed E-state index contributed by atoms with van der Waals surface area (Å²) in [4.78, 5) is 8.70. The van der Waals surface area contributed by atoms with Crippen LogP contribution in [0.2, 0.25) is 0 Å². The summed E-state index contributed by atoms with van der Waals surface area (Å²) >= 11 is 0. The third-order valence-electron chi connectivity index (χ3n) is 7.12. The fraction of sp³-hybridized carbons (Fsp3) is 0.152. The van der Waals surface area contributed by atoms with Crippen molar-refractivity contribution in [2.24, 2.45) is 0 Å². The Hall–Kier alpha value is -5.84. The molecule has 0 fully saturated rings. The van der Waals surface area contributed by atoms with Crippen LogP contribution in [0.4, 0.5) is 17.3 Å². The van der Waals surface area contributed by atoms with Gasteiger partial charge in [-0.25, -0.2) is 9.97 Å². The molecule has 7 aromatic rings. The summed E-state index contributed by atoms with van der Waals surface area (Å²) in [7, 11) is 1.64. The average Bonchev–Trinajstić information content (AvgIpc) is 3.64. The second kappa shape index (κ2) is 12.6. The number of nitrogens with one attached hydrogen (secondary N) is 2. The molecule has 11 nitrogen and oxygen atoms in total. The molecule has 11 heteroatoms. The maximum atomic E-state index is 5.36. The number of hydrogen-bond donors (Lipinski definition) is 2. The lowest BCUT2D eigenvalue weighted by atomic mass is 10.0. The molecule has 0 bridgehead atoms. The van der Waals surface area contributed by atoms with Crippen molar-refractivity contribution < 1.29 is 4.74 Å². The molecule has 0 amide bonds. The Morgan fingerprint density at radius 2 is 1.30 bits per heavy atom. The van der Waals surface area contributed by atoms with Crippen LogP contribution in [-0.2, 0) is 6.54 Å². The molecule has 4 aromatic heterocycles. The second-order valence-electron chi connectivity index (χ2n) is 10.2. The van der Waals surface area contributed by atoms with Gasteiger partial charge in [-0.3, -0.25) is 8.80 Å². The minimum absolute atomic E-state index is 0.650. The van der Waals surface area contributed by atoms with Gasteiger partial charge in [-0.15, -0.1) is 20.4 Å². The summed E-state index contributed by atoms with van der Waals surface area (Å²) in [5, 5.41) is 23.1. The number of hydrogen-bond acceptors (Lipinski definition) is 9. The molecule has 0 radical (unpaired) electrons. The van der Waals surface area contributed by atoms with Gasteiger partial charge in [0.1, 0.15) is 17.4 Å². The quantitative estimate of drug-likeness (QED) is 0.225. The van der Waals surface area contributed by atoms with E-state index in [1.807, 2.05) is 66.2 Å². The molecular formula is C33H32N10O. The first-order chi connectivity index (χ1) is 21.5. The number of anilines is 3. The monoisotopic (exact) mass is 584 g/mol. The Morgan fingerprint density at radius 1 is 0.682 bits per heavy atom. The number of methoxy groups -OCH3 is 1. The van der Waals surface area contributed by atoms with E-state index < -0.39 is 0 Å². The topological polar surface area (TPSA) is 119 Å². The van der Waals surface area contributed by atoms with Gasteiger partial charge in [0.05, 0.1) is 12.8 Å². The van der Waals surface area contributed by atoms with Gasteiger partial charge < -0.3 is 15.4 Å². The van der Waals surface area contributed by atoms with Crippen LogP contribution in [0.25, 0.3) is 22.4 Å². The molecule has 0 aliphatic rings.